The Hall–Kier alpha value is -2.46. The molecule has 29 heavy (non-hydrogen) atoms. The Morgan fingerprint density at radius 2 is 1.76 bits per heavy atom. The van der Waals surface area contributed by atoms with Crippen molar-refractivity contribution in [2.24, 2.45) is 0 Å². The second kappa shape index (κ2) is 8.91. The van der Waals surface area contributed by atoms with Crippen LogP contribution in [0.4, 0.5) is 0 Å². The zero-order valence-electron chi connectivity index (χ0n) is 16.2. The SMILES string of the molecule is C[C@H]1C[C@@H](OC(=O)CCC(=O)N2CCN(S(=O)(=O)c3ccccc3)CC2)C(=O)O1. The van der Waals surface area contributed by atoms with E-state index in [9.17, 15) is 22.8 Å². The van der Waals surface area contributed by atoms with Gasteiger partial charge in [-0.05, 0) is 19.1 Å². The molecule has 2 atom stereocenters. The van der Waals surface area contributed by atoms with E-state index in [0.717, 1.165) is 0 Å². The molecular weight excluding hydrogens is 400 g/mol. The standard InChI is InChI=1S/C19H24N2O7S/c1-14-13-16(19(24)27-14)28-18(23)8-7-17(22)20-9-11-21(12-10-20)29(25,26)15-5-3-2-4-6-15/h2-6,14,16H,7-13H2,1H3/t14-,16+/m0/s1. The van der Waals surface area contributed by atoms with Crippen molar-refractivity contribution >= 4 is 27.9 Å². The van der Waals surface area contributed by atoms with Gasteiger partial charge < -0.3 is 14.4 Å². The van der Waals surface area contributed by atoms with Crippen LogP contribution in [0.3, 0.4) is 0 Å². The van der Waals surface area contributed by atoms with Gasteiger partial charge in [-0.3, -0.25) is 9.59 Å². The number of rotatable bonds is 6. The molecule has 0 aliphatic carbocycles. The first-order chi connectivity index (χ1) is 13.8. The van der Waals surface area contributed by atoms with Crippen LogP contribution in [0.15, 0.2) is 35.2 Å². The summed E-state index contributed by atoms with van der Waals surface area (Å²) in [5.41, 5.74) is 0. The Morgan fingerprint density at radius 3 is 2.34 bits per heavy atom. The zero-order valence-corrected chi connectivity index (χ0v) is 17.0. The van der Waals surface area contributed by atoms with Crippen molar-refractivity contribution in [2.75, 3.05) is 26.2 Å². The highest BCUT2D eigenvalue weighted by atomic mass is 32.2. The van der Waals surface area contributed by atoms with Crippen molar-refractivity contribution in [3.8, 4) is 0 Å². The molecule has 3 rings (SSSR count). The lowest BCUT2D eigenvalue weighted by Crippen LogP contribution is -2.50. The van der Waals surface area contributed by atoms with Crippen LogP contribution in [0.25, 0.3) is 0 Å². The summed E-state index contributed by atoms with van der Waals surface area (Å²) in [6.45, 7) is 2.62. The summed E-state index contributed by atoms with van der Waals surface area (Å²) in [5, 5.41) is 0. The minimum atomic E-state index is -3.58. The Morgan fingerprint density at radius 1 is 1.10 bits per heavy atom. The number of carbonyl (C=O) groups is 3. The van der Waals surface area contributed by atoms with Crippen molar-refractivity contribution < 1.29 is 32.3 Å². The summed E-state index contributed by atoms with van der Waals surface area (Å²) in [4.78, 5) is 37.5. The van der Waals surface area contributed by atoms with Gasteiger partial charge in [-0.1, -0.05) is 18.2 Å². The summed E-state index contributed by atoms with van der Waals surface area (Å²) in [5.74, 6) is -1.44. The third-order valence-corrected chi connectivity index (χ3v) is 6.83. The highest BCUT2D eigenvalue weighted by molar-refractivity contribution is 7.89. The number of hydrogen-bond donors (Lipinski definition) is 0. The van der Waals surface area contributed by atoms with E-state index in [1.165, 1.54) is 9.21 Å². The molecule has 2 heterocycles. The maximum absolute atomic E-state index is 12.6. The van der Waals surface area contributed by atoms with E-state index in [-0.39, 0.29) is 55.9 Å². The average molecular weight is 424 g/mol. The first-order valence-corrected chi connectivity index (χ1v) is 10.9. The molecule has 2 aliphatic heterocycles. The first kappa shape index (κ1) is 21.3. The summed E-state index contributed by atoms with van der Waals surface area (Å²) in [6.07, 6.45) is -1.07. The van der Waals surface area contributed by atoms with Gasteiger partial charge in [0.2, 0.25) is 22.0 Å². The molecule has 0 radical (unpaired) electrons. The van der Waals surface area contributed by atoms with E-state index in [2.05, 4.69) is 0 Å². The van der Waals surface area contributed by atoms with E-state index in [1.54, 1.807) is 37.3 Å². The summed E-state index contributed by atoms with van der Waals surface area (Å²) in [7, 11) is -3.58. The van der Waals surface area contributed by atoms with Gasteiger partial charge >= 0.3 is 11.9 Å². The molecule has 158 valence electrons. The Kier molecular flexibility index (Phi) is 6.53. The molecule has 0 bridgehead atoms. The minimum absolute atomic E-state index is 0.0540. The number of amides is 1. The van der Waals surface area contributed by atoms with Crippen LogP contribution in [-0.4, -0.2) is 73.9 Å². The third-order valence-electron chi connectivity index (χ3n) is 4.92. The summed E-state index contributed by atoms with van der Waals surface area (Å²) < 4.78 is 36.6. The van der Waals surface area contributed by atoms with Gasteiger partial charge in [0.1, 0.15) is 6.10 Å². The van der Waals surface area contributed by atoms with Crippen molar-refractivity contribution in [1.29, 1.82) is 0 Å². The van der Waals surface area contributed by atoms with E-state index >= 15 is 0 Å². The number of hydrogen-bond acceptors (Lipinski definition) is 7. The van der Waals surface area contributed by atoms with Crippen molar-refractivity contribution in [2.45, 2.75) is 43.3 Å². The van der Waals surface area contributed by atoms with E-state index < -0.39 is 28.1 Å². The number of cyclic esters (lactones) is 1. The maximum Gasteiger partial charge on any atom is 0.347 e. The van der Waals surface area contributed by atoms with Crippen LogP contribution in [0, 0.1) is 0 Å². The van der Waals surface area contributed by atoms with Gasteiger partial charge in [0.05, 0.1) is 11.3 Å². The molecule has 0 N–H and O–H groups in total. The monoisotopic (exact) mass is 424 g/mol. The molecule has 0 aromatic heterocycles. The lowest BCUT2D eigenvalue weighted by Gasteiger charge is -2.34. The van der Waals surface area contributed by atoms with E-state index in [0.29, 0.717) is 6.42 Å². The molecule has 1 amide bonds. The van der Waals surface area contributed by atoms with Crippen LogP contribution in [0.5, 0.6) is 0 Å². The fourth-order valence-corrected chi connectivity index (χ4v) is 4.76. The van der Waals surface area contributed by atoms with Gasteiger partial charge in [-0.25, -0.2) is 13.2 Å². The third kappa shape index (κ3) is 5.13. The van der Waals surface area contributed by atoms with E-state index in [1.807, 2.05) is 0 Å². The first-order valence-electron chi connectivity index (χ1n) is 9.50. The highest BCUT2D eigenvalue weighted by Crippen LogP contribution is 2.19. The molecule has 0 saturated carbocycles. The van der Waals surface area contributed by atoms with Gasteiger partial charge in [-0.15, -0.1) is 0 Å². The molecular formula is C19H24N2O7S. The van der Waals surface area contributed by atoms with Crippen molar-refractivity contribution in [3.05, 3.63) is 30.3 Å². The largest absolute Gasteiger partial charge is 0.460 e. The number of nitrogens with zero attached hydrogens (tertiary/aromatic N) is 2. The quantitative estimate of drug-likeness (QED) is 0.613. The minimum Gasteiger partial charge on any atom is -0.460 e. The molecule has 1 aromatic carbocycles. The normalized spacial score (nSPS) is 22.9. The fraction of sp³-hybridized carbons (Fsp3) is 0.526. The van der Waals surface area contributed by atoms with Crippen molar-refractivity contribution in [3.63, 3.8) is 0 Å². The lowest BCUT2D eigenvalue weighted by atomic mass is 10.2. The van der Waals surface area contributed by atoms with Gasteiger partial charge in [0.15, 0.2) is 0 Å². The number of benzene rings is 1. The second-order valence-corrected chi connectivity index (χ2v) is 9.00. The van der Waals surface area contributed by atoms with E-state index in [4.69, 9.17) is 9.47 Å². The molecule has 9 nitrogen and oxygen atoms in total. The number of carbonyl (C=O) groups excluding carboxylic acids is 3. The number of piperazine rings is 1. The topological polar surface area (TPSA) is 110 Å². The van der Waals surface area contributed by atoms with Crippen LogP contribution < -0.4 is 0 Å². The van der Waals surface area contributed by atoms with Crippen LogP contribution in [-0.2, 0) is 33.9 Å². The highest BCUT2D eigenvalue weighted by Gasteiger charge is 2.35. The number of ether oxygens (including phenoxy) is 2. The van der Waals surface area contributed by atoms with Crippen LogP contribution in [0.1, 0.15) is 26.2 Å². The second-order valence-electron chi connectivity index (χ2n) is 7.06. The van der Waals surface area contributed by atoms with Gasteiger partial charge in [0, 0.05) is 39.0 Å². The molecule has 2 fully saturated rings. The number of sulfonamides is 1. The Bertz CT molecular complexity index is 864. The summed E-state index contributed by atoms with van der Waals surface area (Å²) in [6, 6.07) is 8.16. The molecule has 0 unspecified atom stereocenters. The van der Waals surface area contributed by atoms with Crippen LogP contribution in [0.2, 0.25) is 0 Å². The predicted octanol–water partition coefficient (Wildman–Crippen LogP) is 0.547. The maximum atomic E-state index is 12.6. The fourth-order valence-electron chi connectivity index (χ4n) is 3.32. The molecule has 1 aromatic rings. The average Bonchev–Trinajstić information content (AvgIpc) is 3.03. The molecule has 2 saturated heterocycles. The molecule has 2 aliphatic rings. The smallest absolute Gasteiger partial charge is 0.347 e. The lowest BCUT2D eigenvalue weighted by molar-refractivity contribution is -0.161. The Labute approximate surface area is 169 Å². The van der Waals surface area contributed by atoms with Crippen molar-refractivity contribution in [1.82, 2.24) is 9.21 Å². The zero-order chi connectivity index (χ0) is 21.0. The molecule has 0 spiro atoms. The van der Waals surface area contributed by atoms with Gasteiger partial charge in [-0.2, -0.15) is 4.31 Å². The summed E-state index contributed by atoms with van der Waals surface area (Å²) >= 11 is 0. The van der Waals surface area contributed by atoms with Gasteiger partial charge in [0.25, 0.3) is 0 Å². The van der Waals surface area contributed by atoms with Crippen LogP contribution >= 0.6 is 0 Å². The Balaban J connectivity index is 1.44. The number of esters is 2. The molecule has 10 heteroatoms. The predicted molar refractivity (Wildman–Crippen MR) is 101 cm³/mol.